The fourth-order valence-corrected chi connectivity index (χ4v) is 3.18. The van der Waals surface area contributed by atoms with Crippen LogP contribution in [0.1, 0.15) is 15.9 Å². The average molecular weight is 301 g/mol. The Morgan fingerprint density at radius 3 is 2.71 bits per heavy atom. The maximum Gasteiger partial charge on any atom is 0.289 e. The van der Waals surface area contributed by atoms with E-state index in [0.29, 0.717) is 24.2 Å². The third-order valence-corrected chi connectivity index (χ3v) is 4.37. The number of imide groups is 1. The topological polar surface area (TPSA) is 81.5 Å². The number of nitrogens with zero attached hydrogens (tertiary/aromatic N) is 3. The van der Waals surface area contributed by atoms with Crippen molar-refractivity contribution in [2.75, 3.05) is 18.8 Å². The van der Waals surface area contributed by atoms with Gasteiger partial charge < -0.3 is 4.90 Å². The lowest BCUT2D eigenvalue weighted by Gasteiger charge is -2.42. The Balaban J connectivity index is 1.66. The largest absolute Gasteiger partial charge is 0.334 e. The Labute approximate surface area is 125 Å². The van der Waals surface area contributed by atoms with Crippen LogP contribution in [0, 0.1) is 11.3 Å². The van der Waals surface area contributed by atoms with Gasteiger partial charge in [-0.25, -0.2) is 0 Å². The minimum Gasteiger partial charge on any atom is -0.334 e. The van der Waals surface area contributed by atoms with E-state index in [2.05, 4.69) is 0 Å². The van der Waals surface area contributed by atoms with Crippen LogP contribution in [0.3, 0.4) is 0 Å². The van der Waals surface area contributed by atoms with E-state index in [1.54, 1.807) is 23.1 Å². The van der Waals surface area contributed by atoms with Gasteiger partial charge in [0.25, 0.3) is 11.1 Å². The van der Waals surface area contributed by atoms with Gasteiger partial charge in [-0.15, -0.1) is 0 Å². The van der Waals surface area contributed by atoms with Gasteiger partial charge in [-0.1, -0.05) is 17.8 Å². The summed E-state index contributed by atoms with van der Waals surface area (Å²) in [4.78, 5) is 38.2. The van der Waals surface area contributed by atoms with Crippen molar-refractivity contribution in [2.45, 2.75) is 6.04 Å². The number of thioether (sulfide) groups is 1. The molecule has 3 amide bonds. The molecule has 0 bridgehead atoms. The van der Waals surface area contributed by atoms with Crippen molar-refractivity contribution in [2.24, 2.45) is 0 Å². The first kappa shape index (κ1) is 13.6. The highest BCUT2D eigenvalue weighted by Crippen LogP contribution is 2.27. The van der Waals surface area contributed by atoms with Crippen LogP contribution in [0.5, 0.6) is 0 Å². The molecule has 0 aromatic heterocycles. The van der Waals surface area contributed by atoms with E-state index in [4.69, 9.17) is 5.26 Å². The molecule has 1 aromatic carbocycles. The lowest BCUT2D eigenvalue weighted by atomic mass is 10.0. The lowest BCUT2D eigenvalue weighted by molar-refractivity contribution is -0.128. The Morgan fingerprint density at radius 2 is 2.10 bits per heavy atom. The molecule has 0 aliphatic carbocycles. The highest BCUT2D eigenvalue weighted by Gasteiger charge is 2.43. The minimum atomic E-state index is -0.233. The molecule has 1 aromatic rings. The summed E-state index contributed by atoms with van der Waals surface area (Å²) in [6.07, 6.45) is 0. The van der Waals surface area contributed by atoms with Crippen molar-refractivity contribution in [3.8, 4) is 6.07 Å². The molecule has 106 valence electrons. The third kappa shape index (κ3) is 2.38. The third-order valence-electron chi connectivity index (χ3n) is 3.54. The number of hydrogen-bond acceptors (Lipinski definition) is 5. The number of carbonyl (C=O) groups excluding carboxylic acids is 3. The summed E-state index contributed by atoms with van der Waals surface area (Å²) < 4.78 is 0. The van der Waals surface area contributed by atoms with Crippen LogP contribution in [0.15, 0.2) is 24.3 Å². The Bertz CT molecular complexity index is 660. The lowest BCUT2D eigenvalue weighted by Crippen LogP contribution is -2.62. The molecular weight excluding hydrogens is 290 g/mol. The number of carbonyl (C=O) groups is 3. The number of benzene rings is 1. The second-order valence-corrected chi connectivity index (χ2v) is 5.80. The monoisotopic (exact) mass is 301 g/mol. The first-order chi connectivity index (χ1) is 10.1. The first-order valence-electron chi connectivity index (χ1n) is 6.38. The molecular formula is C14H11N3O3S. The van der Waals surface area contributed by atoms with Gasteiger partial charge in [0.05, 0.1) is 23.4 Å². The molecule has 0 spiro atoms. The minimum absolute atomic E-state index is 0.185. The fraction of sp³-hybridized carbons (Fsp3) is 0.286. The quantitative estimate of drug-likeness (QED) is 0.816. The highest BCUT2D eigenvalue weighted by molar-refractivity contribution is 8.14. The predicted molar refractivity (Wildman–Crippen MR) is 75.5 cm³/mol. The standard InChI is InChI=1S/C14H11N3O3S/c15-5-9-2-1-3-10(4-9)13(19)16-6-11(7-16)17-12(18)8-21-14(17)20/h1-4,11H,6-8H2. The van der Waals surface area contributed by atoms with Gasteiger partial charge in [0.1, 0.15) is 0 Å². The van der Waals surface area contributed by atoms with E-state index in [0.717, 1.165) is 11.8 Å². The van der Waals surface area contributed by atoms with Crippen LogP contribution in [-0.2, 0) is 4.79 Å². The van der Waals surface area contributed by atoms with E-state index >= 15 is 0 Å². The van der Waals surface area contributed by atoms with Gasteiger partial charge in [0.2, 0.25) is 5.91 Å². The van der Waals surface area contributed by atoms with E-state index in [1.807, 2.05) is 6.07 Å². The zero-order chi connectivity index (χ0) is 15.0. The smallest absolute Gasteiger partial charge is 0.289 e. The molecule has 2 aliphatic heterocycles. The van der Waals surface area contributed by atoms with E-state index in [9.17, 15) is 14.4 Å². The van der Waals surface area contributed by atoms with Crippen molar-refractivity contribution in [1.29, 1.82) is 5.26 Å². The summed E-state index contributed by atoms with van der Waals surface area (Å²) >= 11 is 1.000. The molecule has 0 N–H and O–H groups in total. The number of likely N-dealkylation sites (tertiary alicyclic amines) is 1. The average Bonchev–Trinajstić information content (AvgIpc) is 2.78. The SMILES string of the molecule is N#Cc1cccc(C(=O)N2CC(N3C(=O)CSC3=O)C2)c1. The summed E-state index contributed by atoms with van der Waals surface area (Å²) in [5.41, 5.74) is 0.875. The van der Waals surface area contributed by atoms with E-state index < -0.39 is 0 Å². The van der Waals surface area contributed by atoms with Crippen LogP contribution < -0.4 is 0 Å². The Kier molecular flexibility index (Phi) is 3.39. The summed E-state index contributed by atoms with van der Waals surface area (Å²) in [5, 5.41) is 8.61. The number of amides is 3. The normalized spacial score (nSPS) is 18.6. The molecule has 3 rings (SSSR count). The van der Waals surface area contributed by atoms with Gasteiger partial charge >= 0.3 is 0 Å². The van der Waals surface area contributed by atoms with Crippen LogP contribution in [0.4, 0.5) is 4.79 Å². The molecule has 21 heavy (non-hydrogen) atoms. The molecule has 2 saturated heterocycles. The van der Waals surface area contributed by atoms with Crippen LogP contribution in [-0.4, -0.2) is 51.7 Å². The first-order valence-corrected chi connectivity index (χ1v) is 7.37. The van der Waals surface area contributed by atoms with Crippen molar-refractivity contribution < 1.29 is 14.4 Å². The number of nitriles is 1. The van der Waals surface area contributed by atoms with Gasteiger partial charge in [-0.05, 0) is 18.2 Å². The maximum absolute atomic E-state index is 12.2. The van der Waals surface area contributed by atoms with Crippen LogP contribution in [0.25, 0.3) is 0 Å². The van der Waals surface area contributed by atoms with Gasteiger partial charge in [-0.2, -0.15) is 5.26 Å². The predicted octanol–water partition coefficient (Wildman–Crippen LogP) is 1.08. The molecule has 0 saturated carbocycles. The molecule has 0 unspecified atom stereocenters. The summed E-state index contributed by atoms with van der Waals surface area (Å²) in [6.45, 7) is 0.710. The summed E-state index contributed by atoms with van der Waals surface area (Å²) in [5.74, 6) is -0.184. The summed E-state index contributed by atoms with van der Waals surface area (Å²) in [7, 11) is 0. The fourth-order valence-electron chi connectivity index (χ4n) is 2.41. The highest BCUT2D eigenvalue weighted by atomic mass is 32.2. The molecule has 6 nitrogen and oxygen atoms in total. The van der Waals surface area contributed by atoms with Crippen molar-refractivity contribution >= 4 is 28.8 Å². The Morgan fingerprint density at radius 1 is 1.33 bits per heavy atom. The van der Waals surface area contributed by atoms with Crippen molar-refractivity contribution in [3.05, 3.63) is 35.4 Å². The molecule has 2 heterocycles. The molecule has 2 fully saturated rings. The maximum atomic E-state index is 12.2. The molecule has 2 aliphatic rings. The van der Waals surface area contributed by atoms with Gasteiger partial charge in [0, 0.05) is 18.7 Å². The van der Waals surface area contributed by atoms with Gasteiger partial charge in [-0.3, -0.25) is 19.3 Å². The van der Waals surface area contributed by atoms with Crippen LogP contribution >= 0.6 is 11.8 Å². The van der Waals surface area contributed by atoms with Crippen molar-refractivity contribution in [1.82, 2.24) is 9.80 Å². The zero-order valence-electron chi connectivity index (χ0n) is 11.0. The number of rotatable bonds is 2. The van der Waals surface area contributed by atoms with Crippen LogP contribution in [0.2, 0.25) is 0 Å². The van der Waals surface area contributed by atoms with E-state index in [1.165, 1.54) is 11.0 Å². The molecule has 7 heteroatoms. The second-order valence-electron chi connectivity index (χ2n) is 4.87. The second kappa shape index (κ2) is 5.22. The summed E-state index contributed by atoms with van der Waals surface area (Å²) in [6, 6.07) is 8.26. The molecule has 0 radical (unpaired) electrons. The Hall–Kier alpha value is -2.33. The van der Waals surface area contributed by atoms with Gasteiger partial charge in [0.15, 0.2) is 0 Å². The van der Waals surface area contributed by atoms with Crippen molar-refractivity contribution in [3.63, 3.8) is 0 Å². The molecule has 0 atom stereocenters. The zero-order valence-corrected chi connectivity index (χ0v) is 11.8. The number of hydrogen-bond donors (Lipinski definition) is 0. The van der Waals surface area contributed by atoms with E-state index in [-0.39, 0.29) is 28.8 Å².